The van der Waals surface area contributed by atoms with Crippen LogP contribution in [0.2, 0.25) is 5.02 Å². The summed E-state index contributed by atoms with van der Waals surface area (Å²) in [6.07, 6.45) is 0. The van der Waals surface area contributed by atoms with Crippen LogP contribution < -0.4 is 4.74 Å². The van der Waals surface area contributed by atoms with Crippen LogP contribution in [0.1, 0.15) is 10.4 Å². The molecule has 2 aromatic carbocycles. The zero-order valence-corrected chi connectivity index (χ0v) is 10.3. The van der Waals surface area contributed by atoms with E-state index >= 15 is 0 Å². The zero-order chi connectivity index (χ0) is 13.8. The summed E-state index contributed by atoms with van der Waals surface area (Å²) in [5, 5.41) is 10.6. The normalized spacial score (nSPS) is 9.95. The quantitative estimate of drug-likeness (QED) is 0.373. The van der Waals surface area contributed by atoms with Crippen LogP contribution in [-0.4, -0.2) is 10.9 Å². The van der Waals surface area contributed by atoms with E-state index in [2.05, 4.69) is 0 Å². The lowest BCUT2D eigenvalue weighted by molar-refractivity contribution is -0.384. The van der Waals surface area contributed by atoms with Gasteiger partial charge in [0.15, 0.2) is 0 Å². The van der Waals surface area contributed by atoms with Crippen molar-refractivity contribution in [3.8, 4) is 5.75 Å². The molecule has 0 aromatic heterocycles. The number of rotatable bonds is 3. The average molecular weight is 278 g/mol. The van der Waals surface area contributed by atoms with E-state index in [9.17, 15) is 14.9 Å². The lowest BCUT2D eigenvalue weighted by atomic mass is 10.2. The largest absolute Gasteiger partial charge is 0.421 e. The highest BCUT2D eigenvalue weighted by atomic mass is 35.5. The van der Waals surface area contributed by atoms with Crippen molar-refractivity contribution in [2.24, 2.45) is 0 Å². The smallest absolute Gasteiger partial charge is 0.343 e. The highest BCUT2D eigenvalue weighted by Gasteiger charge is 2.14. The van der Waals surface area contributed by atoms with Crippen LogP contribution in [0.3, 0.4) is 0 Å². The standard InChI is InChI=1S/C13H8ClNO4/c14-11-8-10(15(17)18)6-7-12(11)19-13(16)9-4-2-1-3-5-9/h1-8H. The van der Waals surface area contributed by atoms with E-state index in [1.807, 2.05) is 0 Å². The van der Waals surface area contributed by atoms with E-state index in [0.29, 0.717) is 5.56 Å². The molecule has 6 heteroatoms. The van der Waals surface area contributed by atoms with Gasteiger partial charge < -0.3 is 4.74 Å². The molecule has 0 saturated carbocycles. The van der Waals surface area contributed by atoms with Gasteiger partial charge in [-0.2, -0.15) is 0 Å². The molecule has 0 radical (unpaired) electrons. The molecule has 2 rings (SSSR count). The summed E-state index contributed by atoms with van der Waals surface area (Å²) < 4.78 is 5.07. The van der Waals surface area contributed by atoms with Gasteiger partial charge in [0.1, 0.15) is 5.75 Å². The molecule has 0 atom stereocenters. The Hall–Kier alpha value is -2.40. The first-order chi connectivity index (χ1) is 9.08. The number of halogens is 1. The topological polar surface area (TPSA) is 69.4 Å². The fraction of sp³-hybridized carbons (Fsp3) is 0. The van der Waals surface area contributed by atoms with Crippen molar-refractivity contribution < 1.29 is 14.5 Å². The first-order valence-corrected chi connectivity index (χ1v) is 5.67. The zero-order valence-electron chi connectivity index (χ0n) is 9.58. The van der Waals surface area contributed by atoms with Gasteiger partial charge >= 0.3 is 5.97 Å². The molecule has 0 aliphatic heterocycles. The van der Waals surface area contributed by atoms with Gasteiger partial charge in [-0.25, -0.2) is 4.79 Å². The van der Waals surface area contributed by atoms with Crippen LogP contribution in [0.4, 0.5) is 5.69 Å². The number of non-ortho nitro benzene ring substituents is 1. The maximum absolute atomic E-state index is 11.8. The maximum atomic E-state index is 11.8. The number of hydrogen-bond acceptors (Lipinski definition) is 4. The first kappa shape index (κ1) is 13.0. The molecule has 0 fully saturated rings. The van der Waals surface area contributed by atoms with Crippen molar-refractivity contribution in [3.63, 3.8) is 0 Å². The monoisotopic (exact) mass is 277 g/mol. The fourth-order valence-corrected chi connectivity index (χ4v) is 1.63. The number of nitrogens with zero attached hydrogens (tertiary/aromatic N) is 1. The highest BCUT2D eigenvalue weighted by molar-refractivity contribution is 6.32. The van der Waals surface area contributed by atoms with E-state index in [1.54, 1.807) is 30.3 Å². The van der Waals surface area contributed by atoms with Crippen LogP contribution in [-0.2, 0) is 0 Å². The fourth-order valence-electron chi connectivity index (χ4n) is 1.42. The summed E-state index contributed by atoms with van der Waals surface area (Å²) in [5.74, 6) is -0.488. The van der Waals surface area contributed by atoms with Gasteiger partial charge in [0.25, 0.3) is 5.69 Å². The second kappa shape index (κ2) is 5.49. The molecule has 0 unspecified atom stereocenters. The minimum Gasteiger partial charge on any atom is -0.421 e. The Kier molecular flexibility index (Phi) is 3.77. The van der Waals surface area contributed by atoms with Crippen LogP contribution in [0, 0.1) is 10.1 Å². The van der Waals surface area contributed by atoms with E-state index in [-0.39, 0.29) is 16.5 Å². The summed E-state index contributed by atoms with van der Waals surface area (Å²) in [7, 11) is 0. The van der Waals surface area contributed by atoms with Crippen molar-refractivity contribution in [2.75, 3.05) is 0 Å². The number of esters is 1. The summed E-state index contributed by atoms with van der Waals surface area (Å²) in [5.41, 5.74) is 0.210. The summed E-state index contributed by atoms with van der Waals surface area (Å²) in [6, 6.07) is 12.0. The molecule has 19 heavy (non-hydrogen) atoms. The third kappa shape index (κ3) is 3.08. The number of benzene rings is 2. The third-order valence-corrected chi connectivity index (χ3v) is 2.63. The van der Waals surface area contributed by atoms with Crippen LogP contribution in [0.25, 0.3) is 0 Å². The molecular formula is C13H8ClNO4. The molecule has 96 valence electrons. The molecular weight excluding hydrogens is 270 g/mol. The average Bonchev–Trinajstić information content (AvgIpc) is 2.41. The van der Waals surface area contributed by atoms with E-state index in [1.165, 1.54) is 12.1 Å². The molecule has 0 saturated heterocycles. The van der Waals surface area contributed by atoms with Crippen molar-refractivity contribution in [3.05, 3.63) is 69.2 Å². The molecule has 2 aromatic rings. The third-order valence-electron chi connectivity index (χ3n) is 2.34. The molecule has 0 aliphatic rings. The van der Waals surface area contributed by atoms with Crippen molar-refractivity contribution in [2.45, 2.75) is 0 Å². The second-order valence-electron chi connectivity index (χ2n) is 3.63. The number of ether oxygens (including phenoxy) is 1. The molecule has 0 amide bonds. The van der Waals surface area contributed by atoms with E-state index in [4.69, 9.17) is 16.3 Å². The predicted octanol–water partition coefficient (Wildman–Crippen LogP) is 3.47. The molecule has 0 aliphatic carbocycles. The Morgan fingerprint density at radius 1 is 1.16 bits per heavy atom. The van der Waals surface area contributed by atoms with Crippen LogP contribution >= 0.6 is 11.6 Å². The number of hydrogen-bond donors (Lipinski definition) is 0. The molecule has 5 nitrogen and oxygen atoms in total. The maximum Gasteiger partial charge on any atom is 0.343 e. The lowest BCUT2D eigenvalue weighted by Crippen LogP contribution is -2.08. The summed E-state index contributed by atoms with van der Waals surface area (Å²) in [4.78, 5) is 21.7. The molecule has 0 N–H and O–H groups in total. The SMILES string of the molecule is O=C(Oc1ccc([N+](=O)[O-])cc1Cl)c1ccccc1. The first-order valence-electron chi connectivity index (χ1n) is 5.29. The second-order valence-corrected chi connectivity index (χ2v) is 4.03. The Labute approximate surface area is 113 Å². The van der Waals surface area contributed by atoms with Gasteiger partial charge in [-0.3, -0.25) is 10.1 Å². The summed E-state index contributed by atoms with van der Waals surface area (Å²) in [6.45, 7) is 0. The van der Waals surface area contributed by atoms with Gasteiger partial charge in [0.05, 0.1) is 15.5 Å². The lowest BCUT2D eigenvalue weighted by Gasteiger charge is -2.05. The van der Waals surface area contributed by atoms with Gasteiger partial charge in [-0.1, -0.05) is 29.8 Å². The number of carbonyl (C=O) groups is 1. The van der Waals surface area contributed by atoms with Crippen molar-refractivity contribution in [1.82, 2.24) is 0 Å². The van der Waals surface area contributed by atoms with Gasteiger partial charge in [-0.05, 0) is 18.2 Å². The van der Waals surface area contributed by atoms with E-state index in [0.717, 1.165) is 6.07 Å². The minimum atomic E-state index is -0.575. The highest BCUT2D eigenvalue weighted by Crippen LogP contribution is 2.29. The molecule has 0 heterocycles. The van der Waals surface area contributed by atoms with Crippen molar-refractivity contribution in [1.29, 1.82) is 0 Å². The Balaban J connectivity index is 2.20. The van der Waals surface area contributed by atoms with Gasteiger partial charge in [0, 0.05) is 12.1 Å². The molecule has 0 bridgehead atoms. The number of nitro groups is 1. The van der Waals surface area contributed by atoms with Crippen LogP contribution in [0.5, 0.6) is 5.75 Å². The van der Waals surface area contributed by atoms with Gasteiger partial charge in [0.2, 0.25) is 0 Å². The summed E-state index contributed by atoms with van der Waals surface area (Å²) >= 11 is 5.82. The minimum absolute atomic E-state index is 0.0125. The Morgan fingerprint density at radius 2 is 1.84 bits per heavy atom. The Morgan fingerprint density at radius 3 is 2.42 bits per heavy atom. The van der Waals surface area contributed by atoms with E-state index < -0.39 is 10.9 Å². The van der Waals surface area contributed by atoms with Crippen LogP contribution in [0.15, 0.2) is 48.5 Å². The predicted molar refractivity (Wildman–Crippen MR) is 69.5 cm³/mol. The Bertz CT molecular complexity index is 628. The molecule has 0 spiro atoms. The number of carbonyl (C=O) groups excluding carboxylic acids is 1. The van der Waals surface area contributed by atoms with Gasteiger partial charge in [-0.15, -0.1) is 0 Å². The number of nitro benzene ring substituents is 1. The van der Waals surface area contributed by atoms with Crippen molar-refractivity contribution >= 4 is 23.3 Å².